The van der Waals surface area contributed by atoms with E-state index < -0.39 is 0 Å². The summed E-state index contributed by atoms with van der Waals surface area (Å²) in [5.41, 5.74) is 4.22. The van der Waals surface area contributed by atoms with Crippen molar-refractivity contribution in [1.29, 1.82) is 5.26 Å². The third kappa shape index (κ3) is 3.58. The number of aromatic nitrogens is 2. The van der Waals surface area contributed by atoms with Crippen molar-refractivity contribution in [3.63, 3.8) is 0 Å². The maximum atomic E-state index is 11.6. The van der Waals surface area contributed by atoms with Crippen LogP contribution in [-0.4, -0.2) is 46.8 Å². The molecule has 0 saturated carbocycles. The Hall–Kier alpha value is -3.27. The summed E-state index contributed by atoms with van der Waals surface area (Å²) in [7, 11) is 0. The van der Waals surface area contributed by atoms with Gasteiger partial charge in [0.15, 0.2) is 0 Å². The molecule has 0 unspecified atom stereocenters. The van der Waals surface area contributed by atoms with E-state index in [1.165, 1.54) is 0 Å². The molecule has 2 aliphatic heterocycles. The fraction of sp³-hybridized carbons (Fsp3) is 0.409. The number of pyridine rings is 2. The van der Waals surface area contributed by atoms with Gasteiger partial charge in [-0.25, -0.2) is 4.98 Å². The second kappa shape index (κ2) is 8.00. The highest BCUT2D eigenvalue weighted by molar-refractivity contribution is 5.78. The SMILES string of the molecule is CC(=O)N1CCC(c2cncc(-c3cnc4c(c3)CCCN4C=O)c2C#N)CC1. The molecule has 0 N–H and O–H groups in total. The molecule has 2 aromatic heterocycles. The molecule has 0 spiro atoms. The molecule has 29 heavy (non-hydrogen) atoms. The topological polar surface area (TPSA) is 90.2 Å². The minimum Gasteiger partial charge on any atom is -0.343 e. The minimum absolute atomic E-state index is 0.0975. The number of carbonyl (C=O) groups is 2. The average molecular weight is 389 g/mol. The smallest absolute Gasteiger partial charge is 0.219 e. The van der Waals surface area contributed by atoms with E-state index in [1.807, 2.05) is 11.0 Å². The number of hydrogen-bond donors (Lipinski definition) is 0. The normalized spacial score (nSPS) is 16.8. The molecule has 7 nitrogen and oxygen atoms in total. The molecule has 0 radical (unpaired) electrons. The molecule has 0 bridgehead atoms. The van der Waals surface area contributed by atoms with Gasteiger partial charge in [0.1, 0.15) is 11.9 Å². The standard InChI is InChI=1S/C22H23N5O2/c1-15(29)26-7-4-16(5-8-26)20-12-24-13-21(19(20)10-23)18-9-17-3-2-6-27(14-28)22(17)25-11-18/h9,11-14,16H,2-8H2,1H3. The van der Waals surface area contributed by atoms with Crippen molar-refractivity contribution in [2.75, 3.05) is 24.5 Å². The lowest BCUT2D eigenvalue weighted by Gasteiger charge is -2.32. The fourth-order valence-electron chi connectivity index (χ4n) is 4.38. The van der Waals surface area contributed by atoms with E-state index in [4.69, 9.17) is 0 Å². The van der Waals surface area contributed by atoms with Crippen LogP contribution in [-0.2, 0) is 16.0 Å². The van der Waals surface area contributed by atoms with Crippen LogP contribution >= 0.6 is 0 Å². The zero-order chi connectivity index (χ0) is 20.4. The number of fused-ring (bicyclic) bond motifs is 1. The zero-order valence-electron chi connectivity index (χ0n) is 16.5. The second-order valence-corrected chi connectivity index (χ2v) is 7.65. The number of aryl methyl sites for hydroxylation is 1. The van der Waals surface area contributed by atoms with Crippen LogP contribution in [0, 0.1) is 11.3 Å². The van der Waals surface area contributed by atoms with Crippen LogP contribution in [0.5, 0.6) is 0 Å². The molecule has 4 rings (SSSR count). The van der Waals surface area contributed by atoms with E-state index in [0.29, 0.717) is 31.0 Å². The highest BCUT2D eigenvalue weighted by Crippen LogP contribution is 2.35. The van der Waals surface area contributed by atoms with Gasteiger partial charge in [0.2, 0.25) is 12.3 Å². The molecule has 1 saturated heterocycles. The minimum atomic E-state index is 0.0975. The van der Waals surface area contributed by atoms with Gasteiger partial charge in [0, 0.05) is 56.3 Å². The molecule has 0 aliphatic carbocycles. The van der Waals surface area contributed by atoms with Gasteiger partial charge in [-0.15, -0.1) is 0 Å². The number of carbonyl (C=O) groups excluding carboxylic acids is 2. The van der Waals surface area contributed by atoms with Crippen molar-refractivity contribution in [2.24, 2.45) is 0 Å². The Balaban J connectivity index is 1.68. The summed E-state index contributed by atoms with van der Waals surface area (Å²) in [6, 6.07) is 4.40. The van der Waals surface area contributed by atoms with Crippen molar-refractivity contribution in [3.05, 3.63) is 41.3 Å². The lowest BCUT2D eigenvalue weighted by Crippen LogP contribution is -2.36. The largest absolute Gasteiger partial charge is 0.343 e. The van der Waals surface area contributed by atoms with E-state index in [9.17, 15) is 14.9 Å². The Kier molecular flexibility index (Phi) is 5.26. The van der Waals surface area contributed by atoms with Crippen LogP contribution in [0.1, 0.15) is 48.8 Å². The first kappa shape index (κ1) is 19.1. The first-order valence-electron chi connectivity index (χ1n) is 9.97. The van der Waals surface area contributed by atoms with Crippen LogP contribution in [0.4, 0.5) is 5.82 Å². The van der Waals surface area contributed by atoms with Crippen molar-refractivity contribution in [2.45, 2.75) is 38.5 Å². The Bertz CT molecular complexity index is 989. The summed E-state index contributed by atoms with van der Waals surface area (Å²) in [5, 5.41) is 9.93. The maximum Gasteiger partial charge on any atom is 0.219 e. The van der Waals surface area contributed by atoms with Crippen LogP contribution in [0.15, 0.2) is 24.7 Å². The van der Waals surface area contributed by atoms with Gasteiger partial charge in [-0.05, 0) is 48.8 Å². The van der Waals surface area contributed by atoms with Crippen LogP contribution in [0.3, 0.4) is 0 Å². The van der Waals surface area contributed by atoms with Crippen LogP contribution < -0.4 is 4.90 Å². The molecule has 148 valence electrons. The Morgan fingerprint density at radius 1 is 1.24 bits per heavy atom. The zero-order valence-corrected chi connectivity index (χ0v) is 16.5. The summed E-state index contributed by atoms with van der Waals surface area (Å²) < 4.78 is 0. The van der Waals surface area contributed by atoms with Crippen LogP contribution in [0.25, 0.3) is 11.1 Å². The van der Waals surface area contributed by atoms with Gasteiger partial charge in [-0.3, -0.25) is 19.5 Å². The van der Waals surface area contributed by atoms with Crippen molar-refractivity contribution in [1.82, 2.24) is 14.9 Å². The van der Waals surface area contributed by atoms with Crippen molar-refractivity contribution >= 4 is 18.1 Å². The van der Waals surface area contributed by atoms with Gasteiger partial charge < -0.3 is 4.90 Å². The quantitative estimate of drug-likeness (QED) is 0.753. The number of hydrogen-bond acceptors (Lipinski definition) is 5. The van der Waals surface area contributed by atoms with Gasteiger partial charge in [0.25, 0.3) is 0 Å². The molecule has 0 atom stereocenters. The van der Waals surface area contributed by atoms with E-state index >= 15 is 0 Å². The van der Waals surface area contributed by atoms with E-state index in [2.05, 4.69) is 16.0 Å². The predicted octanol–water partition coefficient (Wildman–Crippen LogP) is 2.65. The lowest BCUT2D eigenvalue weighted by molar-refractivity contribution is -0.129. The predicted molar refractivity (Wildman–Crippen MR) is 108 cm³/mol. The second-order valence-electron chi connectivity index (χ2n) is 7.65. The summed E-state index contributed by atoms with van der Waals surface area (Å²) >= 11 is 0. The molecule has 1 fully saturated rings. The van der Waals surface area contributed by atoms with Gasteiger partial charge in [-0.1, -0.05) is 0 Å². The highest BCUT2D eigenvalue weighted by atomic mass is 16.2. The molecule has 0 aromatic carbocycles. The summed E-state index contributed by atoms with van der Waals surface area (Å²) in [6.07, 6.45) is 9.47. The highest BCUT2D eigenvalue weighted by Gasteiger charge is 2.26. The van der Waals surface area contributed by atoms with Gasteiger partial charge in [0.05, 0.1) is 5.56 Å². The summed E-state index contributed by atoms with van der Waals surface area (Å²) in [6.45, 7) is 3.69. The fourth-order valence-corrected chi connectivity index (χ4v) is 4.38. The van der Waals surface area contributed by atoms with Gasteiger partial charge >= 0.3 is 0 Å². The summed E-state index contributed by atoms with van der Waals surface area (Å²) in [5.74, 6) is 1.01. The number of amides is 2. The molecule has 2 amide bonds. The molecular formula is C22H23N5O2. The molecule has 7 heteroatoms. The number of likely N-dealkylation sites (tertiary alicyclic amines) is 1. The lowest BCUT2D eigenvalue weighted by atomic mass is 9.85. The number of nitrogens with zero attached hydrogens (tertiary/aromatic N) is 5. The monoisotopic (exact) mass is 389 g/mol. The first-order valence-corrected chi connectivity index (χ1v) is 9.97. The number of anilines is 1. The Labute approximate surface area is 170 Å². The van der Waals surface area contributed by atoms with Gasteiger partial charge in [-0.2, -0.15) is 5.26 Å². The number of rotatable bonds is 3. The molecule has 4 heterocycles. The first-order chi connectivity index (χ1) is 14.1. The third-order valence-corrected chi connectivity index (χ3v) is 5.97. The summed E-state index contributed by atoms with van der Waals surface area (Å²) in [4.78, 5) is 35.3. The van der Waals surface area contributed by atoms with E-state index in [1.54, 1.807) is 30.4 Å². The number of piperidine rings is 1. The molecule has 2 aromatic rings. The van der Waals surface area contributed by atoms with Crippen molar-refractivity contribution < 1.29 is 9.59 Å². The van der Waals surface area contributed by atoms with Crippen molar-refractivity contribution in [3.8, 4) is 17.2 Å². The average Bonchev–Trinajstić information content (AvgIpc) is 2.77. The Morgan fingerprint density at radius 3 is 2.72 bits per heavy atom. The molecule has 2 aliphatic rings. The number of nitriles is 1. The van der Waals surface area contributed by atoms with E-state index in [0.717, 1.165) is 54.3 Å². The van der Waals surface area contributed by atoms with E-state index in [-0.39, 0.29) is 11.8 Å². The Morgan fingerprint density at radius 2 is 2.03 bits per heavy atom. The maximum absolute atomic E-state index is 11.6. The third-order valence-electron chi connectivity index (χ3n) is 5.97. The molecular weight excluding hydrogens is 366 g/mol. The van der Waals surface area contributed by atoms with Crippen LogP contribution in [0.2, 0.25) is 0 Å².